The van der Waals surface area contributed by atoms with Crippen LogP contribution in [0.4, 0.5) is 0 Å². The predicted octanol–water partition coefficient (Wildman–Crippen LogP) is 2.18. The average molecular weight is 272 g/mol. The first-order valence-electron chi connectivity index (χ1n) is 7.64. The van der Waals surface area contributed by atoms with Crippen molar-refractivity contribution in [1.82, 2.24) is 9.80 Å². The number of carbonyl (C=O) groups is 1. The van der Waals surface area contributed by atoms with Crippen LogP contribution in [-0.2, 0) is 23.2 Å². The van der Waals surface area contributed by atoms with Crippen LogP contribution in [0.3, 0.4) is 0 Å². The quantitative estimate of drug-likeness (QED) is 0.842. The topological polar surface area (TPSA) is 23.6 Å². The van der Waals surface area contributed by atoms with Gasteiger partial charge in [0.05, 0.1) is 12.1 Å². The second-order valence-corrected chi connectivity index (χ2v) is 6.41. The number of benzene rings is 1. The van der Waals surface area contributed by atoms with Crippen LogP contribution in [0.15, 0.2) is 18.2 Å². The van der Waals surface area contributed by atoms with E-state index in [9.17, 15) is 4.79 Å². The van der Waals surface area contributed by atoms with Gasteiger partial charge in [0.25, 0.3) is 0 Å². The Bertz CT molecular complexity index is 532. The Morgan fingerprint density at radius 1 is 1.35 bits per heavy atom. The van der Waals surface area contributed by atoms with Gasteiger partial charge in [0.1, 0.15) is 0 Å². The lowest BCUT2D eigenvalue weighted by Gasteiger charge is -2.39. The summed E-state index contributed by atoms with van der Waals surface area (Å²) in [7, 11) is 3.92. The Morgan fingerprint density at radius 2 is 2.10 bits per heavy atom. The Balaban J connectivity index is 1.90. The van der Waals surface area contributed by atoms with Gasteiger partial charge in [0.2, 0.25) is 5.91 Å². The van der Waals surface area contributed by atoms with Crippen LogP contribution in [0.5, 0.6) is 0 Å². The molecule has 0 aromatic heterocycles. The highest BCUT2D eigenvalue weighted by molar-refractivity contribution is 5.80. The van der Waals surface area contributed by atoms with Gasteiger partial charge < -0.3 is 9.80 Å². The van der Waals surface area contributed by atoms with E-state index >= 15 is 0 Å². The van der Waals surface area contributed by atoms with E-state index in [1.54, 1.807) is 0 Å². The molecule has 3 heteroatoms. The van der Waals surface area contributed by atoms with Crippen molar-refractivity contribution in [3.63, 3.8) is 0 Å². The van der Waals surface area contributed by atoms with Crippen LogP contribution in [0.1, 0.15) is 36.5 Å². The van der Waals surface area contributed by atoms with Crippen molar-refractivity contribution in [3.8, 4) is 0 Å². The van der Waals surface area contributed by atoms with Gasteiger partial charge in [0.15, 0.2) is 0 Å². The molecule has 1 fully saturated rings. The Hall–Kier alpha value is -1.35. The van der Waals surface area contributed by atoms with E-state index < -0.39 is 0 Å². The molecule has 2 aliphatic rings. The molecule has 1 aliphatic carbocycles. The molecule has 1 amide bonds. The molecule has 20 heavy (non-hydrogen) atoms. The molecule has 1 aliphatic heterocycles. The molecule has 1 aromatic rings. The van der Waals surface area contributed by atoms with Gasteiger partial charge in [-0.25, -0.2) is 0 Å². The molecule has 108 valence electrons. The summed E-state index contributed by atoms with van der Waals surface area (Å²) < 4.78 is 0. The molecule has 0 bridgehead atoms. The van der Waals surface area contributed by atoms with Crippen molar-refractivity contribution in [2.24, 2.45) is 0 Å². The van der Waals surface area contributed by atoms with E-state index in [-0.39, 0.29) is 11.4 Å². The number of aryl methyl sites for hydroxylation is 1. The van der Waals surface area contributed by atoms with E-state index in [0.29, 0.717) is 6.54 Å². The maximum atomic E-state index is 12.5. The van der Waals surface area contributed by atoms with Crippen molar-refractivity contribution >= 4 is 5.91 Å². The summed E-state index contributed by atoms with van der Waals surface area (Å²) in [5, 5.41) is 0. The number of hydrogen-bond acceptors (Lipinski definition) is 2. The van der Waals surface area contributed by atoms with Crippen LogP contribution >= 0.6 is 0 Å². The van der Waals surface area contributed by atoms with Crippen LogP contribution in [0, 0.1) is 0 Å². The highest BCUT2D eigenvalue weighted by atomic mass is 16.2. The maximum Gasteiger partial charge on any atom is 0.237 e. The Morgan fingerprint density at radius 3 is 2.70 bits per heavy atom. The molecular weight excluding hydrogens is 248 g/mol. The van der Waals surface area contributed by atoms with Crippen LogP contribution < -0.4 is 0 Å². The fourth-order valence-corrected chi connectivity index (χ4v) is 3.50. The Kier molecular flexibility index (Phi) is 3.33. The summed E-state index contributed by atoms with van der Waals surface area (Å²) in [5.41, 5.74) is 4.32. The molecule has 1 saturated carbocycles. The van der Waals surface area contributed by atoms with Gasteiger partial charge in [-0.3, -0.25) is 4.79 Å². The lowest BCUT2D eigenvalue weighted by molar-refractivity contribution is -0.135. The van der Waals surface area contributed by atoms with E-state index in [0.717, 1.165) is 32.2 Å². The minimum atomic E-state index is 0.0347. The number of likely N-dealkylation sites (N-methyl/N-ethyl adjacent to an activating group) is 1. The fourth-order valence-electron chi connectivity index (χ4n) is 3.50. The van der Waals surface area contributed by atoms with E-state index in [4.69, 9.17) is 0 Å². The number of hydrogen-bond donors (Lipinski definition) is 0. The third-order valence-corrected chi connectivity index (χ3v) is 4.68. The first-order valence-corrected chi connectivity index (χ1v) is 7.64. The van der Waals surface area contributed by atoms with Crippen molar-refractivity contribution in [1.29, 1.82) is 0 Å². The first-order chi connectivity index (χ1) is 9.56. The second kappa shape index (κ2) is 4.88. The SMILES string of the molecule is CCc1ccc2c(c1)CCN(C(=O)CN(C)C)C21CC1. The first kappa shape index (κ1) is 13.6. The minimum Gasteiger partial charge on any atom is -0.331 e. The van der Waals surface area contributed by atoms with Gasteiger partial charge in [-0.2, -0.15) is 0 Å². The summed E-state index contributed by atoms with van der Waals surface area (Å²) in [5.74, 6) is 0.276. The van der Waals surface area contributed by atoms with Crippen molar-refractivity contribution in [2.45, 2.75) is 38.1 Å². The fraction of sp³-hybridized carbons (Fsp3) is 0.588. The molecule has 1 aromatic carbocycles. The molecular formula is C17H24N2O. The summed E-state index contributed by atoms with van der Waals surface area (Å²) in [6.07, 6.45) is 4.35. The molecule has 0 N–H and O–H groups in total. The van der Waals surface area contributed by atoms with E-state index in [2.05, 4.69) is 30.0 Å². The number of rotatable bonds is 3. The predicted molar refractivity (Wildman–Crippen MR) is 80.7 cm³/mol. The Labute approximate surface area is 121 Å². The number of carbonyl (C=O) groups excluding carboxylic acids is 1. The summed E-state index contributed by atoms with van der Waals surface area (Å²) in [6.45, 7) is 3.60. The summed E-state index contributed by atoms with van der Waals surface area (Å²) >= 11 is 0. The monoisotopic (exact) mass is 272 g/mol. The minimum absolute atomic E-state index is 0.0347. The van der Waals surface area contributed by atoms with Crippen molar-refractivity contribution < 1.29 is 4.79 Å². The average Bonchev–Trinajstić information content (AvgIpc) is 3.19. The standard InChI is InChI=1S/C17H24N2O/c1-4-13-5-6-15-14(11-13)7-10-19(17(15)8-9-17)16(20)12-18(2)3/h5-6,11H,4,7-10,12H2,1-3H3. The normalized spacial score (nSPS) is 19.3. The zero-order valence-corrected chi connectivity index (χ0v) is 12.8. The van der Waals surface area contributed by atoms with Crippen LogP contribution in [0.25, 0.3) is 0 Å². The van der Waals surface area contributed by atoms with Gasteiger partial charge in [-0.15, -0.1) is 0 Å². The largest absolute Gasteiger partial charge is 0.331 e. The van der Waals surface area contributed by atoms with Gasteiger partial charge >= 0.3 is 0 Å². The summed E-state index contributed by atoms with van der Waals surface area (Å²) in [4.78, 5) is 16.6. The maximum absolute atomic E-state index is 12.5. The van der Waals surface area contributed by atoms with Gasteiger partial charge in [-0.1, -0.05) is 25.1 Å². The van der Waals surface area contributed by atoms with Crippen LogP contribution in [-0.4, -0.2) is 42.9 Å². The third kappa shape index (κ3) is 2.14. The van der Waals surface area contributed by atoms with E-state index in [1.165, 1.54) is 16.7 Å². The summed E-state index contributed by atoms with van der Waals surface area (Å²) in [6, 6.07) is 6.86. The molecule has 0 radical (unpaired) electrons. The zero-order valence-electron chi connectivity index (χ0n) is 12.8. The van der Waals surface area contributed by atoms with Gasteiger partial charge in [-0.05, 0) is 56.5 Å². The second-order valence-electron chi connectivity index (χ2n) is 6.41. The van der Waals surface area contributed by atoms with E-state index in [1.807, 2.05) is 19.0 Å². The van der Waals surface area contributed by atoms with Crippen molar-refractivity contribution in [3.05, 3.63) is 34.9 Å². The lowest BCUT2D eigenvalue weighted by atomic mass is 9.88. The molecule has 3 nitrogen and oxygen atoms in total. The number of nitrogens with zero attached hydrogens (tertiary/aromatic N) is 2. The highest BCUT2D eigenvalue weighted by Gasteiger charge is 2.53. The number of fused-ring (bicyclic) bond motifs is 2. The highest BCUT2D eigenvalue weighted by Crippen LogP contribution is 2.54. The molecule has 1 heterocycles. The zero-order chi connectivity index (χ0) is 14.3. The number of amides is 1. The van der Waals surface area contributed by atoms with Crippen molar-refractivity contribution in [2.75, 3.05) is 27.2 Å². The molecule has 1 spiro atoms. The smallest absolute Gasteiger partial charge is 0.237 e. The van der Waals surface area contributed by atoms with Gasteiger partial charge in [0, 0.05) is 6.54 Å². The third-order valence-electron chi connectivity index (χ3n) is 4.68. The molecule has 0 saturated heterocycles. The lowest BCUT2D eigenvalue weighted by Crippen LogP contribution is -2.48. The van der Waals surface area contributed by atoms with Crippen LogP contribution in [0.2, 0.25) is 0 Å². The molecule has 0 atom stereocenters. The molecule has 3 rings (SSSR count). The molecule has 0 unspecified atom stereocenters.